The van der Waals surface area contributed by atoms with E-state index in [2.05, 4.69) is 5.32 Å². The SMILES string of the molecule is CCC(CC)NC(=O)C1CCCN1C(=O)c1cc(Cl)cc(Cl)c1. The van der Waals surface area contributed by atoms with E-state index in [0.29, 0.717) is 28.6 Å². The summed E-state index contributed by atoms with van der Waals surface area (Å²) in [4.78, 5) is 26.8. The topological polar surface area (TPSA) is 49.4 Å². The molecule has 1 aliphatic rings. The van der Waals surface area contributed by atoms with Crippen molar-refractivity contribution in [1.29, 1.82) is 0 Å². The zero-order valence-electron chi connectivity index (χ0n) is 13.4. The Morgan fingerprint density at radius 1 is 1.22 bits per heavy atom. The Balaban J connectivity index is 2.14. The molecular weight excluding hydrogens is 335 g/mol. The first-order chi connectivity index (χ1) is 11.0. The zero-order chi connectivity index (χ0) is 17.0. The second kappa shape index (κ2) is 8.02. The number of carbonyl (C=O) groups excluding carboxylic acids is 2. The summed E-state index contributed by atoms with van der Waals surface area (Å²) in [6.45, 7) is 4.66. The number of nitrogens with zero attached hydrogens (tertiary/aromatic N) is 1. The maximum absolute atomic E-state index is 12.7. The summed E-state index contributed by atoms with van der Waals surface area (Å²) in [5.74, 6) is -0.269. The van der Waals surface area contributed by atoms with E-state index in [4.69, 9.17) is 23.2 Å². The van der Waals surface area contributed by atoms with Crippen LogP contribution >= 0.6 is 23.2 Å². The smallest absolute Gasteiger partial charge is 0.254 e. The molecule has 1 saturated heterocycles. The Morgan fingerprint density at radius 3 is 2.39 bits per heavy atom. The molecular formula is C17H22Cl2N2O2. The molecule has 1 aromatic rings. The van der Waals surface area contributed by atoms with E-state index in [1.807, 2.05) is 13.8 Å². The number of nitrogens with one attached hydrogen (secondary N) is 1. The van der Waals surface area contributed by atoms with Crippen LogP contribution in [0.3, 0.4) is 0 Å². The number of hydrogen-bond donors (Lipinski definition) is 1. The highest BCUT2D eigenvalue weighted by molar-refractivity contribution is 6.35. The van der Waals surface area contributed by atoms with E-state index >= 15 is 0 Å². The highest BCUT2D eigenvalue weighted by atomic mass is 35.5. The quantitative estimate of drug-likeness (QED) is 0.869. The third-order valence-electron chi connectivity index (χ3n) is 4.26. The summed E-state index contributed by atoms with van der Waals surface area (Å²) >= 11 is 11.9. The Bertz CT molecular complexity index is 568. The highest BCUT2D eigenvalue weighted by Crippen LogP contribution is 2.24. The summed E-state index contributed by atoms with van der Waals surface area (Å²) in [6, 6.07) is 4.50. The molecule has 0 bridgehead atoms. The van der Waals surface area contributed by atoms with E-state index in [0.717, 1.165) is 19.3 Å². The Labute approximate surface area is 147 Å². The fourth-order valence-corrected chi connectivity index (χ4v) is 3.44. The standard InChI is InChI=1S/C17H22Cl2N2O2/c1-3-14(4-2)20-16(22)15-6-5-7-21(15)17(23)11-8-12(18)10-13(19)9-11/h8-10,14-15H,3-7H2,1-2H3,(H,20,22). The number of halogens is 2. The minimum absolute atomic E-state index is 0.0716. The first-order valence-electron chi connectivity index (χ1n) is 8.03. The molecule has 1 aliphatic heterocycles. The van der Waals surface area contributed by atoms with Crippen molar-refractivity contribution >= 4 is 35.0 Å². The highest BCUT2D eigenvalue weighted by Gasteiger charge is 2.35. The zero-order valence-corrected chi connectivity index (χ0v) is 15.0. The molecule has 1 heterocycles. The maximum Gasteiger partial charge on any atom is 0.254 e. The molecule has 6 heteroatoms. The second-order valence-electron chi connectivity index (χ2n) is 5.84. The largest absolute Gasteiger partial charge is 0.352 e. The van der Waals surface area contributed by atoms with Gasteiger partial charge in [0.2, 0.25) is 5.91 Å². The second-order valence-corrected chi connectivity index (χ2v) is 6.71. The molecule has 2 amide bonds. The molecule has 2 rings (SSSR count). The predicted molar refractivity (Wildman–Crippen MR) is 93.0 cm³/mol. The molecule has 0 spiro atoms. The van der Waals surface area contributed by atoms with Gasteiger partial charge in [-0.25, -0.2) is 0 Å². The van der Waals surface area contributed by atoms with Gasteiger partial charge >= 0.3 is 0 Å². The van der Waals surface area contributed by atoms with Crippen LogP contribution in [0.4, 0.5) is 0 Å². The van der Waals surface area contributed by atoms with Crippen LogP contribution in [0.1, 0.15) is 49.9 Å². The first kappa shape index (κ1) is 18.1. The Kier molecular flexibility index (Phi) is 6.31. The lowest BCUT2D eigenvalue weighted by Crippen LogP contribution is -2.48. The van der Waals surface area contributed by atoms with Crippen LogP contribution in [0.2, 0.25) is 10.0 Å². The van der Waals surface area contributed by atoms with Crippen molar-refractivity contribution in [3.8, 4) is 0 Å². The van der Waals surface area contributed by atoms with Gasteiger partial charge in [0.05, 0.1) is 0 Å². The summed E-state index contributed by atoms with van der Waals surface area (Å²) in [7, 11) is 0. The lowest BCUT2D eigenvalue weighted by molar-refractivity contribution is -0.125. The van der Waals surface area contributed by atoms with Crippen molar-refractivity contribution in [3.05, 3.63) is 33.8 Å². The minimum Gasteiger partial charge on any atom is -0.352 e. The normalized spacial score (nSPS) is 17.6. The Morgan fingerprint density at radius 2 is 1.83 bits per heavy atom. The van der Waals surface area contributed by atoms with Gasteiger partial charge in [0, 0.05) is 28.2 Å². The first-order valence-corrected chi connectivity index (χ1v) is 8.79. The van der Waals surface area contributed by atoms with E-state index < -0.39 is 6.04 Å². The molecule has 4 nitrogen and oxygen atoms in total. The number of rotatable bonds is 5. The van der Waals surface area contributed by atoms with Gasteiger partial charge < -0.3 is 10.2 Å². The molecule has 0 saturated carbocycles. The average molecular weight is 357 g/mol. The lowest BCUT2D eigenvalue weighted by Gasteiger charge is -2.26. The van der Waals surface area contributed by atoms with Gasteiger partial charge in [0.15, 0.2) is 0 Å². The van der Waals surface area contributed by atoms with E-state index in [9.17, 15) is 9.59 Å². The van der Waals surface area contributed by atoms with Crippen LogP contribution in [-0.4, -0.2) is 35.3 Å². The van der Waals surface area contributed by atoms with E-state index in [-0.39, 0.29) is 17.9 Å². The fourth-order valence-electron chi connectivity index (χ4n) is 2.92. The molecule has 23 heavy (non-hydrogen) atoms. The summed E-state index contributed by atoms with van der Waals surface area (Å²) < 4.78 is 0. The van der Waals surface area contributed by atoms with Crippen molar-refractivity contribution < 1.29 is 9.59 Å². The molecule has 1 fully saturated rings. The van der Waals surface area contributed by atoms with Crippen molar-refractivity contribution in [1.82, 2.24) is 10.2 Å². The molecule has 1 unspecified atom stereocenters. The minimum atomic E-state index is -0.416. The third kappa shape index (κ3) is 4.39. The van der Waals surface area contributed by atoms with E-state index in [1.165, 1.54) is 0 Å². The summed E-state index contributed by atoms with van der Waals surface area (Å²) in [6.07, 6.45) is 3.27. The molecule has 0 radical (unpaired) electrons. The van der Waals surface area contributed by atoms with Crippen LogP contribution in [0.5, 0.6) is 0 Å². The summed E-state index contributed by atoms with van der Waals surface area (Å²) in [5, 5.41) is 3.86. The number of hydrogen-bond acceptors (Lipinski definition) is 2. The van der Waals surface area contributed by atoms with Gasteiger partial charge in [0.1, 0.15) is 6.04 Å². The molecule has 126 valence electrons. The monoisotopic (exact) mass is 356 g/mol. The van der Waals surface area contributed by atoms with Crippen LogP contribution < -0.4 is 5.32 Å². The number of amides is 2. The van der Waals surface area contributed by atoms with Crippen LogP contribution in [0.15, 0.2) is 18.2 Å². The van der Waals surface area contributed by atoms with Crippen molar-refractivity contribution in [2.75, 3.05) is 6.54 Å². The number of carbonyl (C=O) groups is 2. The van der Waals surface area contributed by atoms with Gasteiger partial charge in [-0.3, -0.25) is 9.59 Å². The average Bonchev–Trinajstić information content (AvgIpc) is 3.00. The molecule has 1 aromatic carbocycles. The van der Waals surface area contributed by atoms with Crippen LogP contribution in [0, 0.1) is 0 Å². The van der Waals surface area contributed by atoms with Gasteiger partial charge in [-0.1, -0.05) is 37.0 Å². The molecule has 0 aliphatic carbocycles. The van der Waals surface area contributed by atoms with Crippen LogP contribution in [0.25, 0.3) is 0 Å². The van der Waals surface area contributed by atoms with E-state index in [1.54, 1.807) is 23.1 Å². The molecule has 1 N–H and O–H groups in total. The predicted octanol–water partition coefficient (Wildman–Crippen LogP) is 3.90. The number of likely N-dealkylation sites (tertiary alicyclic amines) is 1. The van der Waals surface area contributed by atoms with Gasteiger partial charge in [-0.2, -0.15) is 0 Å². The van der Waals surface area contributed by atoms with Crippen molar-refractivity contribution in [2.24, 2.45) is 0 Å². The van der Waals surface area contributed by atoms with Crippen LogP contribution in [-0.2, 0) is 4.79 Å². The molecule has 1 atom stereocenters. The number of benzene rings is 1. The lowest BCUT2D eigenvalue weighted by atomic mass is 10.1. The van der Waals surface area contributed by atoms with Crippen molar-refractivity contribution in [2.45, 2.75) is 51.6 Å². The van der Waals surface area contributed by atoms with Gasteiger partial charge in [-0.15, -0.1) is 0 Å². The summed E-state index contributed by atoms with van der Waals surface area (Å²) in [5.41, 5.74) is 0.421. The fraction of sp³-hybridized carbons (Fsp3) is 0.529. The van der Waals surface area contributed by atoms with Gasteiger partial charge in [0.25, 0.3) is 5.91 Å². The van der Waals surface area contributed by atoms with Gasteiger partial charge in [-0.05, 0) is 43.9 Å². The Hall–Kier alpha value is -1.26. The molecule has 0 aromatic heterocycles. The third-order valence-corrected chi connectivity index (χ3v) is 4.69. The van der Waals surface area contributed by atoms with Crippen molar-refractivity contribution in [3.63, 3.8) is 0 Å². The maximum atomic E-state index is 12.7.